The van der Waals surface area contributed by atoms with Crippen LogP contribution in [0, 0.1) is 0 Å². The minimum atomic E-state index is -1.02. The highest BCUT2D eigenvalue weighted by Gasteiger charge is 2.20. The maximum Gasteiger partial charge on any atom is 0.326 e. The molecule has 0 radical (unpaired) electrons. The van der Waals surface area contributed by atoms with E-state index < -0.39 is 12.0 Å². The van der Waals surface area contributed by atoms with Crippen LogP contribution >= 0.6 is 0 Å². The van der Waals surface area contributed by atoms with Crippen LogP contribution in [0.4, 0.5) is 0 Å². The zero-order valence-electron chi connectivity index (χ0n) is 13.8. The fourth-order valence-electron chi connectivity index (χ4n) is 2.87. The van der Waals surface area contributed by atoms with Crippen molar-refractivity contribution in [3.05, 3.63) is 72.4 Å². The molecule has 0 fully saturated rings. The van der Waals surface area contributed by atoms with Gasteiger partial charge in [-0.05, 0) is 23.1 Å². The molecular weight excluding hydrogens is 316 g/mol. The Kier molecular flexibility index (Phi) is 5.14. The summed E-state index contributed by atoms with van der Waals surface area (Å²) in [5.74, 6) is -1.29. The number of aliphatic carboxylic acids is 1. The van der Waals surface area contributed by atoms with E-state index in [4.69, 9.17) is 0 Å². The Labute approximate surface area is 145 Å². The van der Waals surface area contributed by atoms with Gasteiger partial charge < -0.3 is 15.0 Å². The van der Waals surface area contributed by atoms with Crippen LogP contribution in [0.1, 0.15) is 12.0 Å². The molecule has 1 aromatic heterocycles. The predicted octanol–water partition coefficient (Wildman–Crippen LogP) is 2.84. The van der Waals surface area contributed by atoms with Gasteiger partial charge in [-0.15, -0.1) is 0 Å². The van der Waals surface area contributed by atoms with Crippen molar-refractivity contribution in [1.29, 1.82) is 0 Å². The summed E-state index contributed by atoms with van der Waals surface area (Å²) in [5.41, 5.74) is 1.95. The van der Waals surface area contributed by atoms with Crippen LogP contribution in [0.3, 0.4) is 0 Å². The lowest BCUT2D eigenvalue weighted by atomic mass is 10.1. The van der Waals surface area contributed by atoms with Crippen molar-refractivity contribution < 1.29 is 14.7 Å². The van der Waals surface area contributed by atoms with Gasteiger partial charge in [0.1, 0.15) is 6.04 Å². The number of amides is 1. The van der Waals surface area contributed by atoms with E-state index in [1.807, 2.05) is 71.4 Å². The van der Waals surface area contributed by atoms with Crippen LogP contribution in [-0.2, 0) is 22.6 Å². The predicted molar refractivity (Wildman–Crippen MR) is 96.3 cm³/mol. The highest BCUT2D eigenvalue weighted by molar-refractivity contribution is 5.84. The number of aryl methyl sites for hydroxylation is 1. The van der Waals surface area contributed by atoms with Gasteiger partial charge in [-0.2, -0.15) is 0 Å². The Bertz CT molecular complexity index is 871. The number of nitrogens with one attached hydrogen (secondary N) is 1. The molecule has 0 saturated carbocycles. The minimum Gasteiger partial charge on any atom is -0.480 e. The first kappa shape index (κ1) is 16.8. The van der Waals surface area contributed by atoms with Crippen LogP contribution < -0.4 is 5.32 Å². The van der Waals surface area contributed by atoms with Crippen LogP contribution in [0.15, 0.2) is 66.9 Å². The molecule has 0 aliphatic carbocycles. The highest BCUT2D eigenvalue weighted by Crippen LogP contribution is 2.15. The summed E-state index contributed by atoms with van der Waals surface area (Å²) in [6.45, 7) is 0.511. The van der Waals surface area contributed by atoms with Crippen molar-refractivity contribution in [3.8, 4) is 0 Å². The molecule has 5 nitrogen and oxygen atoms in total. The number of para-hydroxylation sites is 1. The van der Waals surface area contributed by atoms with Gasteiger partial charge >= 0.3 is 5.97 Å². The maximum absolute atomic E-state index is 12.2. The van der Waals surface area contributed by atoms with Crippen molar-refractivity contribution in [2.45, 2.75) is 25.4 Å². The summed E-state index contributed by atoms with van der Waals surface area (Å²) < 4.78 is 2.00. The second-order valence-corrected chi connectivity index (χ2v) is 5.97. The lowest BCUT2D eigenvalue weighted by Gasteiger charge is -2.15. The second kappa shape index (κ2) is 7.66. The van der Waals surface area contributed by atoms with E-state index in [1.165, 1.54) is 0 Å². The summed E-state index contributed by atoms with van der Waals surface area (Å²) in [5, 5.41) is 13.1. The van der Waals surface area contributed by atoms with Gasteiger partial charge in [-0.3, -0.25) is 4.79 Å². The third-order valence-electron chi connectivity index (χ3n) is 4.18. The average molecular weight is 336 g/mol. The molecule has 0 saturated heterocycles. The topological polar surface area (TPSA) is 71.3 Å². The Morgan fingerprint density at radius 2 is 1.72 bits per heavy atom. The van der Waals surface area contributed by atoms with E-state index in [0.29, 0.717) is 6.54 Å². The first-order chi connectivity index (χ1) is 12.1. The molecule has 2 N–H and O–H groups in total. The molecule has 1 atom stereocenters. The molecule has 0 bridgehead atoms. The molecule has 5 heteroatoms. The van der Waals surface area contributed by atoms with Crippen molar-refractivity contribution in [2.75, 3.05) is 0 Å². The number of carbonyl (C=O) groups is 2. The van der Waals surface area contributed by atoms with Crippen LogP contribution in [0.25, 0.3) is 10.9 Å². The third-order valence-corrected chi connectivity index (χ3v) is 4.18. The summed E-state index contributed by atoms with van der Waals surface area (Å²) in [7, 11) is 0. The Hall–Kier alpha value is -3.08. The first-order valence-corrected chi connectivity index (χ1v) is 8.23. The molecule has 3 rings (SSSR count). The largest absolute Gasteiger partial charge is 0.480 e. The monoisotopic (exact) mass is 336 g/mol. The minimum absolute atomic E-state index is 0.233. The van der Waals surface area contributed by atoms with E-state index in [-0.39, 0.29) is 18.7 Å². The number of carboxylic acid groups (broad SMARTS) is 1. The smallest absolute Gasteiger partial charge is 0.326 e. The van der Waals surface area contributed by atoms with Crippen molar-refractivity contribution in [2.24, 2.45) is 0 Å². The maximum atomic E-state index is 12.2. The Balaban J connectivity index is 1.59. The van der Waals surface area contributed by atoms with Gasteiger partial charge in [0.25, 0.3) is 0 Å². The number of hydrogen-bond donors (Lipinski definition) is 2. The van der Waals surface area contributed by atoms with Gasteiger partial charge in [-0.1, -0.05) is 48.5 Å². The molecule has 0 spiro atoms. The summed E-state index contributed by atoms with van der Waals surface area (Å²) >= 11 is 0. The second-order valence-electron chi connectivity index (χ2n) is 5.97. The number of carboxylic acids is 1. The van der Waals surface area contributed by atoms with E-state index in [0.717, 1.165) is 16.5 Å². The van der Waals surface area contributed by atoms with Crippen molar-refractivity contribution in [3.63, 3.8) is 0 Å². The van der Waals surface area contributed by atoms with Crippen LogP contribution in [0.2, 0.25) is 0 Å². The zero-order valence-corrected chi connectivity index (χ0v) is 13.8. The Morgan fingerprint density at radius 1 is 1.00 bits per heavy atom. The van der Waals surface area contributed by atoms with E-state index >= 15 is 0 Å². The number of fused-ring (bicyclic) bond motifs is 1. The van der Waals surface area contributed by atoms with Crippen LogP contribution in [0.5, 0.6) is 0 Å². The number of carbonyl (C=O) groups excluding carboxylic acids is 1. The molecule has 1 amide bonds. The number of hydrogen-bond acceptors (Lipinski definition) is 2. The first-order valence-electron chi connectivity index (χ1n) is 8.23. The number of aromatic nitrogens is 1. The lowest BCUT2D eigenvalue weighted by molar-refractivity contribution is -0.141. The number of nitrogens with zero attached hydrogens (tertiary/aromatic N) is 1. The normalized spacial score (nSPS) is 12.0. The Morgan fingerprint density at radius 3 is 2.48 bits per heavy atom. The molecule has 0 aliphatic heterocycles. The lowest BCUT2D eigenvalue weighted by Crippen LogP contribution is -2.42. The quantitative estimate of drug-likeness (QED) is 0.697. The molecule has 0 unspecified atom stereocenters. The van der Waals surface area contributed by atoms with Gasteiger partial charge in [0.2, 0.25) is 5.91 Å². The van der Waals surface area contributed by atoms with Gasteiger partial charge in [0.05, 0.1) is 0 Å². The average Bonchev–Trinajstić information content (AvgIpc) is 3.03. The van der Waals surface area contributed by atoms with E-state index in [9.17, 15) is 14.7 Å². The van der Waals surface area contributed by atoms with Gasteiger partial charge in [0.15, 0.2) is 0 Å². The molecular formula is C20H20N2O3. The fraction of sp³-hybridized carbons (Fsp3) is 0.200. The molecule has 128 valence electrons. The molecule has 1 heterocycles. The number of rotatable bonds is 7. The zero-order chi connectivity index (χ0) is 17.6. The summed E-state index contributed by atoms with van der Waals surface area (Å²) in [6.07, 6.45) is 2.45. The van der Waals surface area contributed by atoms with Gasteiger partial charge in [0, 0.05) is 31.1 Å². The van der Waals surface area contributed by atoms with E-state index in [2.05, 4.69) is 5.32 Å². The van der Waals surface area contributed by atoms with Crippen molar-refractivity contribution in [1.82, 2.24) is 9.88 Å². The molecule has 25 heavy (non-hydrogen) atoms. The molecule has 3 aromatic rings. The van der Waals surface area contributed by atoms with Crippen LogP contribution in [-0.4, -0.2) is 27.6 Å². The van der Waals surface area contributed by atoms with Gasteiger partial charge in [-0.25, -0.2) is 4.79 Å². The van der Waals surface area contributed by atoms with Crippen molar-refractivity contribution >= 4 is 22.8 Å². The summed E-state index contributed by atoms with van der Waals surface area (Å²) in [4.78, 5) is 23.6. The molecule has 0 aliphatic rings. The van der Waals surface area contributed by atoms with E-state index in [1.54, 1.807) is 0 Å². The highest BCUT2D eigenvalue weighted by atomic mass is 16.4. The fourth-order valence-corrected chi connectivity index (χ4v) is 2.87. The number of benzene rings is 2. The third kappa shape index (κ3) is 4.26. The standard InChI is InChI=1S/C20H20N2O3/c23-19(11-13-22-12-10-16-8-4-5-9-18(16)22)21-17(20(24)25)14-15-6-2-1-3-7-15/h1-10,12,17H,11,13-14H2,(H,21,23)(H,24,25)/t17-/m0/s1. The summed E-state index contributed by atoms with van der Waals surface area (Å²) in [6, 6.07) is 18.3. The molecule has 2 aromatic carbocycles. The SMILES string of the molecule is O=C(CCn1ccc2ccccc21)N[C@@H](Cc1ccccc1)C(=O)O.